The van der Waals surface area contributed by atoms with Gasteiger partial charge in [0.05, 0.1) is 6.67 Å². The topological polar surface area (TPSA) is 65.9 Å². The van der Waals surface area contributed by atoms with Crippen LogP contribution in [0.5, 0.6) is 0 Å². The standard InChI is InChI=1S/C19H23N7S/c1-2-15-4-6-16(7-5-15)17-22-19(27)26(23-17)14-24-10-12-25(13-11-24)18-20-8-3-9-21-18/h3-9H,2,10-14H2,1H3,(H,22,23,27). The number of aryl methyl sites for hydroxylation is 1. The fourth-order valence-corrected chi connectivity index (χ4v) is 3.42. The maximum Gasteiger partial charge on any atom is 0.225 e. The minimum absolute atomic E-state index is 0.582. The highest BCUT2D eigenvalue weighted by molar-refractivity contribution is 7.71. The van der Waals surface area contributed by atoms with E-state index in [9.17, 15) is 0 Å². The predicted molar refractivity (Wildman–Crippen MR) is 108 cm³/mol. The first kappa shape index (κ1) is 17.8. The van der Waals surface area contributed by atoms with Crippen LogP contribution in [0.4, 0.5) is 5.95 Å². The lowest BCUT2D eigenvalue weighted by Gasteiger charge is -2.34. The molecule has 1 aromatic carbocycles. The summed E-state index contributed by atoms with van der Waals surface area (Å²) in [5.41, 5.74) is 2.38. The molecule has 27 heavy (non-hydrogen) atoms. The summed E-state index contributed by atoms with van der Waals surface area (Å²) in [6.07, 6.45) is 4.60. The van der Waals surface area contributed by atoms with Gasteiger partial charge < -0.3 is 4.90 Å². The van der Waals surface area contributed by atoms with E-state index in [1.165, 1.54) is 5.56 Å². The van der Waals surface area contributed by atoms with Gasteiger partial charge in [-0.2, -0.15) is 4.98 Å². The van der Waals surface area contributed by atoms with Crippen LogP contribution in [0.1, 0.15) is 12.5 Å². The van der Waals surface area contributed by atoms with Crippen molar-refractivity contribution in [2.24, 2.45) is 0 Å². The number of aromatic nitrogens is 5. The number of hydrogen-bond acceptors (Lipinski definition) is 6. The molecular weight excluding hydrogens is 358 g/mol. The summed E-state index contributed by atoms with van der Waals surface area (Å²) in [6.45, 7) is 6.52. The van der Waals surface area contributed by atoms with Crippen LogP contribution < -0.4 is 4.90 Å². The van der Waals surface area contributed by atoms with E-state index in [-0.39, 0.29) is 0 Å². The smallest absolute Gasteiger partial charge is 0.225 e. The summed E-state index contributed by atoms with van der Waals surface area (Å²) >= 11 is 5.45. The average Bonchev–Trinajstić information content (AvgIpc) is 3.09. The summed E-state index contributed by atoms with van der Waals surface area (Å²) in [7, 11) is 0. The van der Waals surface area contributed by atoms with E-state index in [0.29, 0.717) is 11.4 Å². The van der Waals surface area contributed by atoms with Crippen LogP contribution in [0.25, 0.3) is 11.4 Å². The highest BCUT2D eigenvalue weighted by atomic mass is 32.1. The van der Waals surface area contributed by atoms with E-state index in [2.05, 4.69) is 61.0 Å². The molecule has 0 saturated carbocycles. The first-order chi connectivity index (χ1) is 13.2. The molecule has 2 aromatic heterocycles. The van der Waals surface area contributed by atoms with Gasteiger partial charge in [0.2, 0.25) is 10.7 Å². The van der Waals surface area contributed by atoms with Gasteiger partial charge in [0, 0.05) is 44.1 Å². The van der Waals surface area contributed by atoms with Crippen molar-refractivity contribution in [3.8, 4) is 11.4 Å². The number of piperazine rings is 1. The zero-order valence-electron chi connectivity index (χ0n) is 15.4. The van der Waals surface area contributed by atoms with Gasteiger partial charge in [-0.15, -0.1) is 0 Å². The number of hydrogen-bond donors (Lipinski definition) is 1. The number of benzene rings is 1. The molecule has 0 bridgehead atoms. The SMILES string of the molecule is CCc1ccc(-c2nc(=S)n(CN3CCN(c4ncccn4)CC3)[nH]2)cc1. The van der Waals surface area contributed by atoms with Crippen molar-refractivity contribution in [2.75, 3.05) is 31.1 Å². The van der Waals surface area contributed by atoms with E-state index >= 15 is 0 Å². The lowest BCUT2D eigenvalue weighted by molar-refractivity contribution is 0.194. The Morgan fingerprint density at radius 3 is 2.41 bits per heavy atom. The Bertz CT molecular complexity index is 925. The molecular formula is C19H23N7S. The molecule has 4 rings (SSSR count). The summed E-state index contributed by atoms with van der Waals surface area (Å²) in [5, 5.41) is 3.35. The molecule has 0 radical (unpaired) electrons. The first-order valence-electron chi connectivity index (χ1n) is 9.23. The van der Waals surface area contributed by atoms with Crippen LogP contribution in [0.2, 0.25) is 0 Å². The van der Waals surface area contributed by atoms with Crippen molar-refractivity contribution in [1.29, 1.82) is 0 Å². The van der Waals surface area contributed by atoms with Crippen molar-refractivity contribution in [3.05, 3.63) is 53.1 Å². The second kappa shape index (κ2) is 7.98. The molecule has 0 unspecified atom stereocenters. The Balaban J connectivity index is 1.40. The van der Waals surface area contributed by atoms with Gasteiger partial charge in [-0.05, 0) is 30.3 Å². The molecule has 0 spiro atoms. The second-order valence-electron chi connectivity index (χ2n) is 6.63. The molecule has 3 aromatic rings. The molecule has 1 aliphatic rings. The number of nitrogens with zero attached hydrogens (tertiary/aromatic N) is 6. The highest BCUT2D eigenvalue weighted by Crippen LogP contribution is 2.17. The molecule has 0 amide bonds. The van der Waals surface area contributed by atoms with Crippen LogP contribution in [-0.2, 0) is 13.1 Å². The predicted octanol–water partition coefficient (Wildman–Crippen LogP) is 2.74. The summed E-state index contributed by atoms with van der Waals surface area (Å²) in [4.78, 5) is 17.8. The highest BCUT2D eigenvalue weighted by Gasteiger charge is 2.19. The maximum absolute atomic E-state index is 5.45. The number of aromatic amines is 1. The van der Waals surface area contributed by atoms with Gasteiger partial charge in [0.15, 0.2) is 5.82 Å². The zero-order valence-corrected chi connectivity index (χ0v) is 16.2. The average molecular weight is 382 g/mol. The van der Waals surface area contributed by atoms with Crippen LogP contribution in [0.3, 0.4) is 0 Å². The summed E-state index contributed by atoms with van der Waals surface area (Å²) in [5.74, 6) is 1.62. The molecule has 0 aliphatic carbocycles. The molecule has 1 N–H and O–H groups in total. The third-order valence-electron chi connectivity index (χ3n) is 4.86. The third-order valence-corrected chi connectivity index (χ3v) is 5.18. The molecule has 1 fully saturated rings. The Labute approximate surface area is 163 Å². The van der Waals surface area contributed by atoms with Crippen molar-refractivity contribution >= 4 is 18.2 Å². The summed E-state index contributed by atoms with van der Waals surface area (Å²) in [6, 6.07) is 10.3. The van der Waals surface area contributed by atoms with E-state index in [1.54, 1.807) is 12.4 Å². The lowest BCUT2D eigenvalue weighted by atomic mass is 10.1. The normalized spacial score (nSPS) is 15.2. The van der Waals surface area contributed by atoms with E-state index in [1.807, 2.05) is 10.7 Å². The molecule has 0 atom stereocenters. The number of H-pyrrole nitrogens is 1. The summed E-state index contributed by atoms with van der Waals surface area (Å²) < 4.78 is 2.52. The molecule has 3 heterocycles. The minimum Gasteiger partial charge on any atom is -0.338 e. The zero-order chi connectivity index (χ0) is 18.6. The van der Waals surface area contributed by atoms with E-state index in [4.69, 9.17) is 12.2 Å². The van der Waals surface area contributed by atoms with Gasteiger partial charge in [-0.3, -0.25) is 10.00 Å². The molecule has 140 valence electrons. The lowest BCUT2D eigenvalue weighted by Crippen LogP contribution is -2.47. The van der Waals surface area contributed by atoms with Crippen LogP contribution in [0, 0.1) is 4.77 Å². The number of anilines is 1. The Morgan fingerprint density at radius 2 is 1.74 bits per heavy atom. The van der Waals surface area contributed by atoms with Crippen LogP contribution in [0.15, 0.2) is 42.7 Å². The number of rotatable bonds is 5. The fraction of sp³-hybridized carbons (Fsp3) is 0.368. The van der Waals surface area contributed by atoms with Gasteiger partial charge in [-0.1, -0.05) is 31.2 Å². The molecule has 8 heteroatoms. The Hall–Kier alpha value is -2.58. The van der Waals surface area contributed by atoms with Gasteiger partial charge in [-0.25, -0.2) is 14.6 Å². The van der Waals surface area contributed by atoms with E-state index in [0.717, 1.165) is 49.9 Å². The largest absolute Gasteiger partial charge is 0.338 e. The first-order valence-corrected chi connectivity index (χ1v) is 9.64. The molecule has 7 nitrogen and oxygen atoms in total. The molecule has 1 saturated heterocycles. The van der Waals surface area contributed by atoms with Crippen LogP contribution in [-0.4, -0.2) is 55.8 Å². The fourth-order valence-electron chi connectivity index (χ4n) is 3.22. The van der Waals surface area contributed by atoms with E-state index < -0.39 is 0 Å². The van der Waals surface area contributed by atoms with Crippen molar-refractivity contribution in [1.82, 2.24) is 29.6 Å². The monoisotopic (exact) mass is 381 g/mol. The van der Waals surface area contributed by atoms with Crippen molar-refractivity contribution in [2.45, 2.75) is 20.0 Å². The number of nitrogens with one attached hydrogen (secondary N) is 1. The maximum atomic E-state index is 5.45. The van der Waals surface area contributed by atoms with Gasteiger partial charge in [0.1, 0.15) is 0 Å². The van der Waals surface area contributed by atoms with Crippen molar-refractivity contribution < 1.29 is 0 Å². The minimum atomic E-state index is 0.582. The quantitative estimate of drug-likeness (QED) is 0.686. The van der Waals surface area contributed by atoms with Crippen LogP contribution >= 0.6 is 12.2 Å². The van der Waals surface area contributed by atoms with Gasteiger partial charge in [0.25, 0.3) is 0 Å². The Kier molecular flexibility index (Phi) is 5.26. The van der Waals surface area contributed by atoms with Gasteiger partial charge >= 0.3 is 0 Å². The van der Waals surface area contributed by atoms with Crippen molar-refractivity contribution in [3.63, 3.8) is 0 Å². The third kappa shape index (κ3) is 4.06. The second-order valence-corrected chi connectivity index (χ2v) is 6.99. The Morgan fingerprint density at radius 1 is 1.04 bits per heavy atom. The molecule has 1 aliphatic heterocycles.